The summed E-state index contributed by atoms with van der Waals surface area (Å²) in [7, 11) is 0. The Bertz CT molecular complexity index is 306. The van der Waals surface area contributed by atoms with Gasteiger partial charge in [0.05, 0.1) is 12.3 Å². The van der Waals surface area contributed by atoms with Gasteiger partial charge in [0.2, 0.25) is 5.95 Å². The molecule has 0 saturated carbocycles. The molecule has 1 aromatic heterocycles. The number of hydrogen-bond acceptors (Lipinski definition) is 5. The third-order valence-corrected chi connectivity index (χ3v) is 2.34. The molecule has 5 heteroatoms. The minimum absolute atomic E-state index is 0.111. The number of hydrogen-bond donors (Lipinski definition) is 2. The summed E-state index contributed by atoms with van der Waals surface area (Å²) in [6.07, 6.45) is 3.88. The molecule has 0 aliphatic heterocycles. The van der Waals surface area contributed by atoms with E-state index in [1.807, 2.05) is 4.90 Å². The Kier molecular flexibility index (Phi) is 5.74. The van der Waals surface area contributed by atoms with Crippen LogP contribution in [0.1, 0.15) is 25.5 Å². The highest BCUT2D eigenvalue weighted by Crippen LogP contribution is 2.08. The number of nitrogens with zero attached hydrogens (tertiary/aromatic N) is 3. The molecule has 0 unspecified atom stereocenters. The molecule has 0 radical (unpaired) electrons. The van der Waals surface area contributed by atoms with Gasteiger partial charge in [0, 0.05) is 25.8 Å². The Morgan fingerprint density at radius 3 is 2.88 bits per heavy atom. The van der Waals surface area contributed by atoms with Crippen LogP contribution in [0.2, 0.25) is 0 Å². The van der Waals surface area contributed by atoms with Gasteiger partial charge < -0.3 is 15.7 Å². The van der Waals surface area contributed by atoms with E-state index in [2.05, 4.69) is 16.9 Å². The van der Waals surface area contributed by atoms with E-state index < -0.39 is 0 Å². The smallest absolute Gasteiger partial charge is 0.225 e. The van der Waals surface area contributed by atoms with Crippen molar-refractivity contribution in [1.82, 2.24) is 9.97 Å². The zero-order valence-corrected chi connectivity index (χ0v) is 9.76. The zero-order valence-electron chi connectivity index (χ0n) is 9.76. The lowest BCUT2D eigenvalue weighted by molar-refractivity contribution is 0.301. The van der Waals surface area contributed by atoms with Crippen LogP contribution in [0.5, 0.6) is 0 Å². The van der Waals surface area contributed by atoms with E-state index >= 15 is 0 Å². The molecule has 16 heavy (non-hydrogen) atoms. The maximum Gasteiger partial charge on any atom is 0.225 e. The lowest BCUT2D eigenvalue weighted by Gasteiger charge is -2.21. The second-order valence-corrected chi connectivity index (χ2v) is 3.62. The van der Waals surface area contributed by atoms with Gasteiger partial charge in [-0.2, -0.15) is 0 Å². The number of aliphatic hydroxyl groups is 1. The van der Waals surface area contributed by atoms with Gasteiger partial charge >= 0.3 is 0 Å². The number of anilines is 1. The molecule has 1 aromatic rings. The van der Waals surface area contributed by atoms with Gasteiger partial charge in [-0.05, 0) is 12.5 Å². The zero-order chi connectivity index (χ0) is 11.8. The Morgan fingerprint density at radius 2 is 2.25 bits per heavy atom. The monoisotopic (exact) mass is 224 g/mol. The minimum Gasteiger partial charge on any atom is -0.395 e. The van der Waals surface area contributed by atoms with Gasteiger partial charge in [-0.1, -0.05) is 13.3 Å². The van der Waals surface area contributed by atoms with Crippen molar-refractivity contribution in [3.05, 3.63) is 18.0 Å². The highest BCUT2D eigenvalue weighted by atomic mass is 16.3. The lowest BCUT2D eigenvalue weighted by Crippen LogP contribution is -2.29. The molecular formula is C11H20N4O. The second kappa shape index (κ2) is 7.14. The maximum atomic E-state index is 9.00. The first-order chi connectivity index (χ1) is 7.81. The maximum absolute atomic E-state index is 9.00. The fourth-order valence-electron chi connectivity index (χ4n) is 1.43. The van der Waals surface area contributed by atoms with Crippen LogP contribution in [0.4, 0.5) is 5.95 Å². The molecule has 0 atom stereocenters. The standard InChI is InChI=1S/C11H20N4O/c1-2-3-6-15(7-8-16)11-13-5-4-10(9-12)14-11/h4-5,16H,2-3,6-9,12H2,1H3. The van der Waals surface area contributed by atoms with Crippen molar-refractivity contribution in [2.75, 3.05) is 24.6 Å². The van der Waals surface area contributed by atoms with Crippen molar-refractivity contribution >= 4 is 5.95 Å². The van der Waals surface area contributed by atoms with Gasteiger partial charge in [-0.25, -0.2) is 9.97 Å². The first-order valence-electron chi connectivity index (χ1n) is 5.69. The van der Waals surface area contributed by atoms with Crippen LogP contribution in [0, 0.1) is 0 Å². The summed E-state index contributed by atoms with van der Waals surface area (Å²) in [6, 6.07) is 1.81. The average molecular weight is 224 g/mol. The topological polar surface area (TPSA) is 75.3 Å². The first kappa shape index (κ1) is 12.9. The van der Waals surface area contributed by atoms with E-state index in [1.54, 1.807) is 12.3 Å². The Labute approximate surface area is 96.3 Å². The van der Waals surface area contributed by atoms with E-state index in [0.29, 0.717) is 19.0 Å². The molecule has 0 amide bonds. The third-order valence-electron chi connectivity index (χ3n) is 2.34. The Morgan fingerprint density at radius 1 is 1.44 bits per heavy atom. The molecule has 1 heterocycles. The van der Waals surface area contributed by atoms with Crippen molar-refractivity contribution in [3.8, 4) is 0 Å². The van der Waals surface area contributed by atoms with E-state index in [9.17, 15) is 0 Å². The Hall–Kier alpha value is -1.20. The molecule has 1 rings (SSSR count). The van der Waals surface area contributed by atoms with E-state index in [0.717, 1.165) is 25.1 Å². The molecule has 0 aliphatic rings. The van der Waals surface area contributed by atoms with Gasteiger partial charge in [-0.15, -0.1) is 0 Å². The second-order valence-electron chi connectivity index (χ2n) is 3.62. The van der Waals surface area contributed by atoms with Gasteiger partial charge in [0.25, 0.3) is 0 Å². The largest absolute Gasteiger partial charge is 0.395 e. The van der Waals surface area contributed by atoms with Crippen molar-refractivity contribution in [1.29, 1.82) is 0 Å². The summed E-state index contributed by atoms with van der Waals surface area (Å²) < 4.78 is 0. The lowest BCUT2D eigenvalue weighted by atomic mass is 10.3. The molecule has 0 bridgehead atoms. The molecule has 0 aliphatic carbocycles. The van der Waals surface area contributed by atoms with Crippen LogP contribution in [0.25, 0.3) is 0 Å². The summed E-state index contributed by atoms with van der Waals surface area (Å²) in [5.41, 5.74) is 6.36. The Balaban J connectivity index is 2.73. The molecule has 0 fully saturated rings. The fraction of sp³-hybridized carbons (Fsp3) is 0.636. The number of unbranched alkanes of at least 4 members (excludes halogenated alkanes) is 1. The highest BCUT2D eigenvalue weighted by Gasteiger charge is 2.08. The summed E-state index contributed by atoms with van der Waals surface area (Å²) in [5, 5.41) is 9.00. The normalized spacial score (nSPS) is 10.4. The number of aromatic nitrogens is 2. The number of aliphatic hydroxyl groups excluding tert-OH is 1. The van der Waals surface area contributed by atoms with Crippen LogP contribution in [0.3, 0.4) is 0 Å². The molecular weight excluding hydrogens is 204 g/mol. The molecule has 0 spiro atoms. The molecule has 0 aromatic carbocycles. The van der Waals surface area contributed by atoms with Crippen molar-refractivity contribution in [2.24, 2.45) is 5.73 Å². The van der Waals surface area contributed by atoms with Crippen LogP contribution in [0.15, 0.2) is 12.3 Å². The van der Waals surface area contributed by atoms with Crippen LogP contribution < -0.4 is 10.6 Å². The van der Waals surface area contributed by atoms with E-state index in [1.165, 1.54) is 0 Å². The third kappa shape index (κ3) is 3.75. The van der Waals surface area contributed by atoms with Crippen molar-refractivity contribution in [3.63, 3.8) is 0 Å². The molecule has 5 nitrogen and oxygen atoms in total. The van der Waals surface area contributed by atoms with Crippen molar-refractivity contribution < 1.29 is 5.11 Å². The van der Waals surface area contributed by atoms with Crippen LogP contribution in [-0.2, 0) is 6.54 Å². The van der Waals surface area contributed by atoms with Gasteiger partial charge in [0.1, 0.15) is 0 Å². The highest BCUT2D eigenvalue weighted by molar-refractivity contribution is 5.30. The van der Waals surface area contributed by atoms with E-state index in [-0.39, 0.29) is 6.61 Å². The summed E-state index contributed by atoms with van der Waals surface area (Å²) in [5.74, 6) is 0.658. The van der Waals surface area contributed by atoms with Crippen molar-refractivity contribution in [2.45, 2.75) is 26.3 Å². The average Bonchev–Trinajstić information content (AvgIpc) is 2.34. The molecule has 90 valence electrons. The molecule has 3 N–H and O–H groups in total. The number of nitrogens with two attached hydrogens (primary N) is 1. The molecule has 0 saturated heterocycles. The van der Waals surface area contributed by atoms with Gasteiger partial charge in [-0.3, -0.25) is 0 Å². The van der Waals surface area contributed by atoms with Crippen LogP contribution >= 0.6 is 0 Å². The van der Waals surface area contributed by atoms with Gasteiger partial charge in [0.15, 0.2) is 0 Å². The minimum atomic E-state index is 0.111. The van der Waals surface area contributed by atoms with E-state index in [4.69, 9.17) is 10.8 Å². The SMILES string of the molecule is CCCCN(CCO)c1nccc(CN)n1. The predicted molar refractivity (Wildman–Crippen MR) is 64.1 cm³/mol. The van der Waals surface area contributed by atoms with Crippen LogP contribution in [-0.4, -0.2) is 34.8 Å². The quantitative estimate of drug-likeness (QED) is 0.707. The summed E-state index contributed by atoms with van der Waals surface area (Å²) in [4.78, 5) is 10.5. The first-order valence-corrected chi connectivity index (χ1v) is 5.69. The summed E-state index contributed by atoms with van der Waals surface area (Å²) >= 11 is 0. The predicted octanol–water partition coefficient (Wildman–Crippen LogP) is 0.534. The summed E-state index contributed by atoms with van der Waals surface area (Å²) in [6.45, 7) is 4.09. The fourth-order valence-corrected chi connectivity index (χ4v) is 1.43. The number of rotatable bonds is 7.